The summed E-state index contributed by atoms with van der Waals surface area (Å²) < 4.78 is 12.6. The summed E-state index contributed by atoms with van der Waals surface area (Å²) in [6, 6.07) is 7.59. The molecule has 0 saturated carbocycles. The molecule has 8 nitrogen and oxygen atoms in total. The maximum atomic E-state index is 13.0. The third-order valence-electron chi connectivity index (χ3n) is 5.54. The average molecular weight is 409 g/mol. The first-order chi connectivity index (χ1) is 14.6. The van der Waals surface area contributed by atoms with Gasteiger partial charge in [0.2, 0.25) is 0 Å². The number of rotatable bonds is 5. The van der Waals surface area contributed by atoms with Gasteiger partial charge in [0.1, 0.15) is 11.5 Å². The Balaban J connectivity index is 1.56. The zero-order chi connectivity index (χ0) is 21.1. The standard InChI is InChI=1S/C22H27N5O3/c1-25-7-4-8-26(10-9-25)22(28)18-11-17-14-24-27(21(17)23-13-18)15-16-5-6-19(29-2)12-20(16)30-3/h5-6,11-14H,4,7-10,15H2,1-3H3. The van der Waals surface area contributed by atoms with Crippen LogP contribution in [0.3, 0.4) is 0 Å². The molecule has 1 aromatic carbocycles. The van der Waals surface area contributed by atoms with Crippen molar-refractivity contribution >= 4 is 16.9 Å². The van der Waals surface area contributed by atoms with Crippen LogP contribution in [0.5, 0.6) is 11.5 Å². The minimum absolute atomic E-state index is 0.0317. The van der Waals surface area contributed by atoms with Crippen molar-refractivity contribution < 1.29 is 14.3 Å². The fraction of sp³-hybridized carbons (Fsp3) is 0.409. The van der Waals surface area contributed by atoms with Crippen molar-refractivity contribution in [2.75, 3.05) is 47.4 Å². The van der Waals surface area contributed by atoms with E-state index in [4.69, 9.17) is 9.47 Å². The van der Waals surface area contributed by atoms with Crippen molar-refractivity contribution in [3.05, 3.63) is 47.8 Å². The molecule has 0 spiro atoms. The van der Waals surface area contributed by atoms with Crippen LogP contribution in [0, 0.1) is 0 Å². The molecular weight excluding hydrogens is 382 g/mol. The van der Waals surface area contributed by atoms with E-state index >= 15 is 0 Å². The van der Waals surface area contributed by atoms with E-state index in [9.17, 15) is 4.79 Å². The number of hydrogen-bond acceptors (Lipinski definition) is 6. The molecule has 1 fully saturated rings. The Kier molecular flexibility index (Phi) is 5.85. The van der Waals surface area contributed by atoms with Crippen LogP contribution in [0.2, 0.25) is 0 Å². The quantitative estimate of drug-likeness (QED) is 0.644. The highest BCUT2D eigenvalue weighted by Crippen LogP contribution is 2.26. The summed E-state index contributed by atoms with van der Waals surface area (Å²) in [5.74, 6) is 1.50. The van der Waals surface area contributed by atoms with Crippen LogP contribution in [-0.4, -0.2) is 77.9 Å². The van der Waals surface area contributed by atoms with Gasteiger partial charge in [0, 0.05) is 42.8 Å². The van der Waals surface area contributed by atoms with Crippen LogP contribution in [0.25, 0.3) is 11.0 Å². The smallest absolute Gasteiger partial charge is 0.255 e. The minimum Gasteiger partial charge on any atom is -0.497 e. The van der Waals surface area contributed by atoms with Gasteiger partial charge in [-0.15, -0.1) is 0 Å². The number of hydrogen-bond donors (Lipinski definition) is 0. The predicted molar refractivity (Wildman–Crippen MR) is 114 cm³/mol. The van der Waals surface area contributed by atoms with E-state index < -0.39 is 0 Å². The maximum Gasteiger partial charge on any atom is 0.255 e. The zero-order valence-electron chi connectivity index (χ0n) is 17.7. The molecule has 0 aliphatic carbocycles. The lowest BCUT2D eigenvalue weighted by Crippen LogP contribution is -2.34. The van der Waals surface area contributed by atoms with Crippen molar-refractivity contribution in [2.45, 2.75) is 13.0 Å². The van der Waals surface area contributed by atoms with E-state index in [0.29, 0.717) is 12.1 Å². The molecule has 1 saturated heterocycles. The van der Waals surface area contributed by atoms with Gasteiger partial charge in [0.15, 0.2) is 5.65 Å². The van der Waals surface area contributed by atoms with Gasteiger partial charge in [-0.05, 0) is 38.2 Å². The molecule has 1 amide bonds. The molecule has 1 aliphatic heterocycles. The van der Waals surface area contributed by atoms with Crippen LogP contribution in [0.4, 0.5) is 0 Å². The van der Waals surface area contributed by atoms with Crippen molar-refractivity contribution in [1.29, 1.82) is 0 Å². The summed E-state index contributed by atoms with van der Waals surface area (Å²) in [5, 5.41) is 5.33. The van der Waals surface area contributed by atoms with Crippen LogP contribution < -0.4 is 9.47 Å². The first kappa shape index (κ1) is 20.2. The van der Waals surface area contributed by atoms with E-state index in [1.165, 1.54) is 0 Å². The lowest BCUT2D eigenvalue weighted by molar-refractivity contribution is 0.0762. The van der Waals surface area contributed by atoms with Gasteiger partial charge in [0.25, 0.3) is 5.91 Å². The highest BCUT2D eigenvalue weighted by molar-refractivity contribution is 5.96. The molecule has 3 aromatic rings. The number of pyridine rings is 1. The summed E-state index contributed by atoms with van der Waals surface area (Å²) in [6.45, 7) is 3.93. The number of likely N-dealkylation sites (N-methyl/N-ethyl adjacent to an activating group) is 1. The molecule has 4 rings (SSSR count). The zero-order valence-corrected chi connectivity index (χ0v) is 17.7. The number of amides is 1. The Morgan fingerprint density at radius 3 is 2.73 bits per heavy atom. The molecule has 0 radical (unpaired) electrons. The molecule has 158 valence electrons. The summed E-state index contributed by atoms with van der Waals surface area (Å²) in [7, 11) is 5.35. The number of aromatic nitrogens is 3. The number of benzene rings is 1. The molecule has 8 heteroatoms. The Morgan fingerprint density at radius 1 is 1.07 bits per heavy atom. The highest BCUT2D eigenvalue weighted by atomic mass is 16.5. The second-order valence-corrected chi connectivity index (χ2v) is 7.57. The van der Waals surface area contributed by atoms with Crippen LogP contribution in [-0.2, 0) is 6.54 Å². The van der Waals surface area contributed by atoms with Gasteiger partial charge in [-0.25, -0.2) is 9.67 Å². The molecule has 0 N–H and O–H groups in total. The van der Waals surface area contributed by atoms with Gasteiger partial charge in [-0.1, -0.05) is 0 Å². The SMILES string of the molecule is COc1ccc(Cn2ncc3cc(C(=O)N4CCCN(C)CC4)cnc32)c(OC)c1. The van der Waals surface area contributed by atoms with Crippen LogP contribution >= 0.6 is 0 Å². The highest BCUT2D eigenvalue weighted by Gasteiger charge is 2.20. The van der Waals surface area contributed by atoms with Crippen molar-refractivity contribution in [2.24, 2.45) is 0 Å². The monoisotopic (exact) mass is 409 g/mol. The number of nitrogens with zero attached hydrogens (tertiary/aromatic N) is 5. The fourth-order valence-corrected chi connectivity index (χ4v) is 3.78. The van der Waals surface area contributed by atoms with E-state index in [0.717, 1.165) is 60.7 Å². The number of methoxy groups -OCH3 is 2. The van der Waals surface area contributed by atoms with Gasteiger partial charge >= 0.3 is 0 Å². The maximum absolute atomic E-state index is 13.0. The molecule has 3 heterocycles. The van der Waals surface area contributed by atoms with E-state index in [1.807, 2.05) is 33.8 Å². The average Bonchev–Trinajstić information content (AvgIpc) is 3.04. The predicted octanol–water partition coefficient (Wildman–Crippen LogP) is 2.27. The molecule has 0 atom stereocenters. The number of carbonyl (C=O) groups is 1. The van der Waals surface area contributed by atoms with Crippen LogP contribution in [0.15, 0.2) is 36.7 Å². The summed E-state index contributed by atoms with van der Waals surface area (Å²) in [5.41, 5.74) is 2.31. The van der Waals surface area contributed by atoms with Crippen molar-refractivity contribution in [3.63, 3.8) is 0 Å². The van der Waals surface area contributed by atoms with Gasteiger partial charge in [-0.2, -0.15) is 5.10 Å². The van der Waals surface area contributed by atoms with Crippen LogP contribution in [0.1, 0.15) is 22.3 Å². The Labute approximate surface area is 176 Å². The third kappa shape index (κ3) is 4.09. The lowest BCUT2D eigenvalue weighted by Gasteiger charge is -2.20. The minimum atomic E-state index is 0.0317. The van der Waals surface area contributed by atoms with Crippen molar-refractivity contribution in [1.82, 2.24) is 24.6 Å². The number of carbonyl (C=O) groups excluding carboxylic acids is 1. The molecule has 30 heavy (non-hydrogen) atoms. The topological polar surface area (TPSA) is 72.7 Å². The van der Waals surface area contributed by atoms with E-state index in [-0.39, 0.29) is 5.91 Å². The lowest BCUT2D eigenvalue weighted by atomic mass is 10.2. The number of ether oxygens (including phenoxy) is 2. The largest absolute Gasteiger partial charge is 0.497 e. The molecule has 0 unspecified atom stereocenters. The Bertz CT molecular complexity index is 1050. The second kappa shape index (κ2) is 8.71. The fourth-order valence-electron chi connectivity index (χ4n) is 3.78. The second-order valence-electron chi connectivity index (χ2n) is 7.57. The third-order valence-corrected chi connectivity index (χ3v) is 5.54. The summed E-state index contributed by atoms with van der Waals surface area (Å²) >= 11 is 0. The van der Waals surface area contributed by atoms with Gasteiger partial charge < -0.3 is 19.3 Å². The molecule has 1 aliphatic rings. The summed E-state index contributed by atoms with van der Waals surface area (Å²) in [6.07, 6.45) is 4.40. The van der Waals surface area contributed by atoms with E-state index in [2.05, 4.69) is 22.0 Å². The normalized spacial score (nSPS) is 15.2. The molecule has 2 aromatic heterocycles. The Hall–Kier alpha value is -3.13. The number of fused-ring (bicyclic) bond motifs is 1. The first-order valence-corrected chi connectivity index (χ1v) is 10.1. The molecule has 0 bridgehead atoms. The molecular formula is C22H27N5O3. The first-order valence-electron chi connectivity index (χ1n) is 10.1. The Morgan fingerprint density at radius 2 is 1.93 bits per heavy atom. The van der Waals surface area contributed by atoms with Crippen molar-refractivity contribution in [3.8, 4) is 11.5 Å². The summed E-state index contributed by atoms with van der Waals surface area (Å²) in [4.78, 5) is 21.7. The van der Waals surface area contributed by atoms with E-state index in [1.54, 1.807) is 26.6 Å². The van der Waals surface area contributed by atoms with Gasteiger partial charge in [0.05, 0.1) is 32.5 Å². The van der Waals surface area contributed by atoms with Gasteiger partial charge in [-0.3, -0.25) is 4.79 Å².